The Morgan fingerprint density at radius 1 is 1.28 bits per heavy atom. The summed E-state index contributed by atoms with van der Waals surface area (Å²) in [6, 6.07) is 0. The Morgan fingerprint density at radius 3 is 2.84 bits per heavy atom. The van der Waals surface area contributed by atoms with Gasteiger partial charge in [-0.05, 0) is 44.1 Å². The summed E-state index contributed by atoms with van der Waals surface area (Å²) in [4.78, 5) is 28.5. The molecule has 0 N–H and O–H groups in total. The summed E-state index contributed by atoms with van der Waals surface area (Å²) in [5.41, 5.74) is 1.47. The lowest BCUT2D eigenvalue weighted by molar-refractivity contribution is -0.132. The van der Waals surface area contributed by atoms with E-state index >= 15 is 0 Å². The summed E-state index contributed by atoms with van der Waals surface area (Å²) in [5, 5.41) is 1.26. The first-order valence-electron chi connectivity index (χ1n) is 9.19. The molecular formula is C19H26N4OS. The smallest absolute Gasteiger partial charge is 0.227 e. The molecule has 2 unspecified atom stereocenters. The molecule has 5 nitrogen and oxygen atoms in total. The van der Waals surface area contributed by atoms with Gasteiger partial charge >= 0.3 is 0 Å². The van der Waals surface area contributed by atoms with Gasteiger partial charge in [-0.15, -0.1) is 11.3 Å². The lowest BCUT2D eigenvalue weighted by Crippen LogP contribution is -2.32. The second-order valence-corrected chi connectivity index (χ2v) is 8.87. The number of anilines is 1. The number of nitrogens with zero attached hydrogens (tertiary/aromatic N) is 4. The lowest BCUT2D eigenvalue weighted by Gasteiger charge is -2.22. The summed E-state index contributed by atoms with van der Waals surface area (Å²) in [6.45, 7) is 5.98. The Bertz CT molecular complexity index is 828. The minimum absolute atomic E-state index is 0.0785. The summed E-state index contributed by atoms with van der Waals surface area (Å²) in [7, 11) is 3.68. The zero-order valence-corrected chi connectivity index (χ0v) is 16.3. The molecule has 0 saturated carbocycles. The number of aryl methyl sites for hydroxylation is 2. The van der Waals surface area contributed by atoms with Gasteiger partial charge in [-0.2, -0.15) is 0 Å². The molecule has 6 heteroatoms. The lowest BCUT2D eigenvalue weighted by atomic mass is 9.89. The predicted octanol–water partition coefficient (Wildman–Crippen LogP) is 3.04. The summed E-state index contributed by atoms with van der Waals surface area (Å²) >= 11 is 1.85. The van der Waals surface area contributed by atoms with Gasteiger partial charge < -0.3 is 9.80 Å². The van der Waals surface area contributed by atoms with E-state index in [0.717, 1.165) is 54.7 Å². The molecule has 1 aliphatic heterocycles. The second-order valence-electron chi connectivity index (χ2n) is 7.79. The molecule has 0 spiro atoms. The third-order valence-electron chi connectivity index (χ3n) is 5.53. The quantitative estimate of drug-likeness (QED) is 0.828. The molecule has 2 aromatic rings. The molecule has 1 amide bonds. The first-order valence-corrected chi connectivity index (χ1v) is 10.0. The Balaban J connectivity index is 1.74. The fourth-order valence-electron chi connectivity index (χ4n) is 4.18. The number of thiophene rings is 1. The molecule has 0 aromatic carbocycles. The fourth-order valence-corrected chi connectivity index (χ4v) is 5.60. The van der Waals surface area contributed by atoms with Crippen LogP contribution in [0.2, 0.25) is 0 Å². The van der Waals surface area contributed by atoms with Crippen LogP contribution < -0.4 is 4.90 Å². The Kier molecular flexibility index (Phi) is 4.18. The Morgan fingerprint density at radius 2 is 2.08 bits per heavy atom. The normalized spacial score (nSPS) is 23.1. The van der Waals surface area contributed by atoms with Crippen molar-refractivity contribution < 1.29 is 4.79 Å². The van der Waals surface area contributed by atoms with E-state index in [9.17, 15) is 4.79 Å². The number of hydrogen-bond donors (Lipinski definition) is 0. The van der Waals surface area contributed by atoms with Crippen LogP contribution in [0.4, 0.5) is 5.82 Å². The molecule has 1 aliphatic carbocycles. The number of amides is 1. The van der Waals surface area contributed by atoms with Gasteiger partial charge in [-0.25, -0.2) is 9.97 Å². The van der Waals surface area contributed by atoms with Crippen LogP contribution in [0.3, 0.4) is 0 Å². The van der Waals surface area contributed by atoms with Crippen LogP contribution in [0.15, 0.2) is 0 Å². The van der Waals surface area contributed by atoms with Crippen molar-refractivity contribution in [2.75, 3.05) is 32.1 Å². The fraction of sp³-hybridized carbons (Fsp3) is 0.632. The molecule has 2 aliphatic rings. The van der Waals surface area contributed by atoms with Crippen LogP contribution in [-0.2, 0) is 17.6 Å². The molecule has 2 atom stereocenters. The Labute approximate surface area is 153 Å². The van der Waals surface area contributed by atoms with E-state index in [1.807, 2.05) is 32.4 Å². The van der Waals surface area contributed by atoms with Crippen LogP contribution in [0.25, 0.3) is 10.2 Å². The molecule has 134 valence electrons. The highest BCUT2D eigenvalue weighted by Crippen LogP contribution is 2.41. The van der Waals surface area contributed by atoms with Crippen LogP contribution >= 0.6 is 11.3 Å². The minimum Gasteiger partial charge on any atom is -0.355 e. The zero-order chi connectivity index (χ0) is 17.7. The molecule has 3 heterocycles. The Hall–Kier alpha value is -1.69. The summed E-state index contributed by atoms with van der Waals surface area (Å²) in [6.07, 6.45) is 4.44. The standard InChI is InChI=1S/C19H26N4OS/c1-11-5-6-14-15(9-11)25-18-16(14)17(20-12(2)21-18)23-8-7-13(10-23)19(24)22(3)4/h11,13H,5-10H2,1-4H3. The zero-order valence-electron chi connectivity index (χ0n) is 15.5. The van der Waals surface area contributed by atoms with Gasteiger partial charge in [0.1, 0.15) is 16.5 Å². The highest BCUT2D eigenvalue weighted by molar-refractivity contribution is 7.19. The van der Waals surface area contributed by atoms with Crippen LogP contribution in [0.5, 0.6) is 0 Å². The summed E-state index contributed by atoms with van der Waals surface area (Å²) in [5.74, 6) is 2.95. The van der Waals surface area contributed by atoms with Crippen molar-refractivity contribution in [1.29, 1.82) is 0 Å². The highest BCUT2D eigenvalue weighted by atomic mass is 32.1. The van der Waals surface area contributed by atoms with E-state index in [4.69, 9.17) is 9.97 Å². The molecule has 0 bridgehead atoms. The first-order chi connectivity index (χ1) is 11.9. The number of carbonyl (C=O) groups is 1. The van der Waals surface area contributed by atoms with Crippen molar-refractivity contribution in [2.45, 2.75) is 39.5 Å². The van der Waals surface area contributed by atoms with Gasteiger partial charge in [0.15, 0.2) is 0 Å². The minimum atomic E-state index is 0.0785. The summed E-state index contributed by atoms with van der Waals surface area (Å²) < 4.78 is 0. The molecule has 25 heavy (non-hydrogen) atoms. The number of fused-ring (bicyclic) bond motifs is 3. The maximum absolute atomic E-state index is 12.3. The molecular weight excluding hydrogens is 332 g/mol. The average Bonchev–Trinajstić information content (AvgIpc) is 3.16. The molecule has 2 aromatic heterocycles. The average molecular weight is 359 g/mol. The monoisotopic (exact) mass is 358 g/mol. The van der Waals surface area contributed by atoms with E-state index < -0.39 is 0 Å². The predicted molar refractivity (Wildman–Crippen MR) is 102 cm³/mol. The molecule has 1 saturated heterocycles. The number of carbonyl (C=O) groups excluding carboxylic acids is 1. The van der Waals surface area contributed by atoms with Gasteiger partial charge in [0.2, 0.25) is 5.91 Å². The van der Waals surface area contributed by atoms with Crippen molar-refractivity contribution in [1.82, 2.24) is 14.9 Å². The first kappa shape index (κ1) is 16.8. The number of rotatable bonds is 2. The number of aromatic nitrogens is 2. The van der Waals surface area contributed by atoms with Crippen molar-refractivity contribution in [3.8, 4) is 0 Å². The van der Waals surface area contributed by atoms with Gasteiger partial charge in [-0.1, -0.05) is 6.92 Å². The third kappa shape index (κ3) is 2.90. The third-order valence-corrected chi connectivity index (χ3v) is 6.67. The van der Waals surface area contributed by atoms with Crippen molar-refractivity contribution in [3.05, 3.63) is 16.3 Å². The SMILES string of the molecule is Cc1nc(N2CCC(C(=O)N(C)C)C2)c2c3c(sc2n1)CC(C)CC3. The van der Waals surface area contributed by atoms with E-state index in [2.05, 4.69) is 11.8 Å². The highest BCUT2D eigenvalue weighted by Gasteiger charge is 2.32. The van der Waals surface area contributed by atoms with Crippen molar-refractivity contribution in [3.63, 3.8) is 0 Å². The molecule has 0 radical (unpaired) electrons. The topological polar surface area (TPSA) is 49.3 Å². The van der Waals surface area contributed by atoms with Crippen molar-refractivity contribution >= 4 is 33.3 Å². The molecule has 1 fully saturated rings. The van der Waals surface area contributed by atoms with E-state index in [-0.39, 0.29) is 11.8 Å². The van der Waals surface area contributed by atoms with Gasteiger partial charge in [0, 0.05) is 32.1 Å². The largest absolute Gasteiger partial charge is 0.355 e. The maximum Gasteiger partial charge on any atom is 0.227 e. The van der Waals surface area contributed by atoms with Gasteiger partial charge in [-0.3, -0.25) is 4.79 Å². The van der Waals surface area contributed by atoms with E-state index in [0.29, 0.717) is 0 Å². The van der Waals surface area contributed by atoms with E-state index in [1.54, 1.807) is 4.90 Å². The van der Waals surface area contributed by atoms with Gasteiger partial charge in [0.25, 0.3) is 0 Å². The van der Waals surface area contributed by atoms with Crippen molar-refractivity contribution in [2.24, 2.45) is 11.8 Å². The second kappa shape index (κ2) is 6.24. The molecule has 4 rings (SSSR count). The van der Waals surface area contributed by atoms with Crippen LogP contribution in [-0.4, -0.2) is 48.0 Å². The maximum atomic E-state index is 12.3. The number of hydrogen-bond acceptors (Lipinski definition) is 5. The van der Waals surface area contributed by atoms with E-state index in [1.165, 1.54) is 22.2 Å². The van der Waals surface area contributed by atoms with Crippen LogP contribution in [0.1, 0.15) is 36.0 Å². The van der Waals surface area contributed by atoms with Crippen LogP contribution in [0, 0.1) is 18.8 Å². The van der Waals surface area contributed by atoms with Gasteiger partial charge in [0.05, 0.1) is 11.3 Å².